The zero-order valence-corrected chi connectivity index (χ0v) is 11.2. The molecule has 0 bridgehead atoms. The fraction of sp³-hybridized carbons (Fsp3) is 0.133. The van der Waals surface area contributed by atoms with Gasteiger partial charge in [0.15, 0.2) is 0 Å². The van der Waals surface area contributed by atoms with Crippen molar-refractivity contribution in [3.8, 4) is 11.8 Å². The van der Waals surface area contributed by atoms with Crippen LogP contribution in [0.15, 0.2) is 42.6 Å². The van der Waals surface area contributed by atoms with Gasteiger partial charge < -0.3 is 15.8 Å². The molecule has 0 saturated heterocycles. The van der Waals surface area contributed by atoms with E-state index < -0.39 is 0 Å². The fourth-order valence-corrected chi connectivity index (χ4v) is 1.62. The lowest BCUT2D eigenvalue weighted by Gasteiger charge is -2.08. The summed E-state index contributed by atoms with van der Waals surface area (Å²) in [5, 5.41) is 11.3. The third-order valence-electron chi connectivity index (χ3n) is 2.64. The van der Waals surface area contributed by atoms with Crippen molar-refractivity contribution in [2.24, 2.45) is 0 Å². The number of carbonyl (C=O) groups is 1. The van der Waals surface area contributed by atoms with Crippen LogP contribution in [0.2, 0.25) is 0 Å². The SMILES string of the molecule is N#Cc1ccc(C(=O)NCCOc2cccc(N)c2)nc1. The highest BCUT2D eigenvalue weighted by molar-refractivity contribution is 5.92. The Bertz CT molecular complexity index is 662. The molecule has 2 aromatic rings. The largest absolute Gasteiger partial charge is 0.492 e. The van der Waals surface area contributed by atoms with Crippen molar-refractivity contribution in [1.29, 1.82) is 5.26 Å². The van der Waals surface area contributed by atoms with Crippen molar-refractivity contribution >= 4 is 11.6 Å². The summed E-state index contributed by atoms with van der Waals surface area (Å²) in [4.78, 5) is 15.7. The van der Waals surface area contributed by atoms with Crippen molar-refractivity contribution in [3.63, 3.8) is 0 Å². The van der Waals surface area contributed by atoms with E-state index in [1.54, 1.807) is 30.3 Å². The number of nitriles is 1. The van der Waals surface area contributed by atoms with Crippen LogP contribution in [0.5, 0.6) is 5.75 Å². The summed E-state index contributed by atoms with van der Waals surface area (Å²) in [6.07, 6.45) is 1.36. The van der Waals surface area contributed by atoms with Gasteiger partial charge in [0, 0.05) is 18.0 Å². The normalized spacial score (nSPS) is 9.67. The Morgan fingerprint density at radius 1 is 1.38 bits per heavy atom. The average molecular weight is 282 g/mol. The van der Waals surface area contributed by atoms with Gasteiger partial charge in [-0.1, -0.05) is 6.07 Å². The number of nitrogens with zero attached hydrogens (tertiary/aromatic N) is 2. The molecule has 6 heteroatoms. The van der Waals surface area contributed by atoms with Gasteiger partial charge in [-0.15, -0.1) is 0 Å². The molecule has 21 heavy (non-hydrogen) atoms. The molecule has 1 heterocycles. The molecule has 0 fully saturated rings. The van der Waals surface area contributed by atoms with Crippen LogP contribution >= 0.6 is 0 Å². The number of anilines is 1. The van der Waals surface area contributed by atoms with Gasteiger partial charge in [0.2, 0.25) is 0 Å². The van der Waals surface area contributed by atoms with Crippen molar-refractivity contribution in [3.05, 3.63) is 53.9 Å². The number of ether oxygens (including phenoxy) is 1. The molecule has 0 atom stereocenters. The number of nitrogens with one attached hydrogen (secondary N) is 1. The first-order chi connectivity index (χ1) is 10.2. The van der Waals surface area contributed by atoms with Gasteiger partial charge in [-0.05, 0) is 24.3 Å². The smallest absolute Gasteiger partial charge is 0.269 e. The topological polar surface area (TPSA) is 101 Å². The van der Waals surface area contributed by atoms with E-state index in [1.807, 2.05) is 6.07 Å². The second-order valence-electron chi connectivity index (χ2n) is 4.22. The predicted octanol–water partition coefficient (Wildman–Crippen LogP) is 1.34. The van der Waals surface area contributed by atoms with E-state index in [1.165, 1.54) is 12.3 Å². The number of hydrogen-bond acceptors (Lipinski definition) is 5. The summed E-state index contributed by atoms with van der Waals surface area (Å²) in [5.41, 5.74) is 6.93. The van der Waals surface area contributed by atoms with Crippen LogP contribution in [0.1, 0.15) is 16.1 Å². The zero-order chi connectivity index (χ0) is 15.1. The quantitative estimate of drug-likeness (QED) is 0.636. The lowest BCUT2D eigenvalue weighted by Crippen LogP contribution is -2.28. The maximum Gasteiger partial charge on any atom is 0.269 e. The monoisotopic (exact) mass is 282 g/mol. The number of nitrogen functional groups attached to an aromatic ring is 1. The van der Waals surface area contributed by atoms with E-state index in [0.717, 1.165) is 0 Å². The summed E-state index contributed by atoms with van der Waals surface area (Å²) in [7, 11) is 0. The molecule has 1 aromatic carbocycles. The molecular weight excluding hydrogens is 268 g/mol. The van der Waals surface area contributed by atoms with Crippen LogP contribution in [0.3, 0.4) is 0 Å². The first kappa shape index (κ1) is 14.3. The third kappa shape index (κ3) is 4.21. The van der Waals surface area contributed by atoms with E-state index in [-0.39, 0.29) is 11.6 Å². The van der Waals surface area contributed by atoms with Gasteiger partial charge in [0.25, 0.3) is 5.91 Å². The van der Waals surface area contributed by atoms with Gasteiger partial charge in [0.05, 0.1) is 12.1 Å². The first-order valence-electron chi connectivity index (χ1n) is 6.32. The highest BCUT2D eigenvalue weighted by Gasteiger charge is 2.06. The molecule has 1 aromatic heterocycles. The van der Waals surface area contributed by atoms with E-state index in [4.69, 9.17) is 15.7 Å². The molecule has 0 aliphatic heterocycles. The van der Waals surface area contributed by atoms with E-state index in [2.05, 4.69) is 10.3 Å². The van der Waals surface area contributed by atoms with Gasteiger partial charge >= 0.3 is 0 Å². The Balaban J connectivity index is 1.77. The van der Waals surface area contributed by atoms with Crippen molar-refractivity contribution in [2.75, 3.05) is 18.9 Å². The fourth-order valence-electron chi connectivity index (χ4n) is 1.62. The Hall–Kier alpha value is -3.07. The van der Waals surface area contributed by atoms with E-state index in [0.29, 0.717) is 30.2 Å². The maximum absolute atomic E-state index is 11.8. The number of carbonyl (C=O) groups excluding carboxylic acids is 1. The molecule has 0 unspecified atom stereocenters. The average Bonchev–Trinajstić information content (AvgIpc) is 2.51. The molecule has 0 saturated carbocycles. The van der Waals surface area contributed by atoms with Crippen LogP contribution in [0.25, 0.3) is 0 Å². The maximum atomic E-state index is 11.8. The molecule has 6 nitrogen and oxygen atoms in total. The van der Waals surface area contributed by atoms with Crippen molar-refractivity contribution in [1.82, 2.24) is 10.3 Å². The van der Waals surface area contributed by atoms with E-state index >= 15 is 0 Å². The third-order valence-corrected chi connectivity index (χ3v) is 2.64. The van der Waals surface area contributed by atoms with E-state index in [9.17, 15) is 4.79 Å². The number of nitrogens with two attached hydrogens (primary N) is 1. The van der Waals surface area contributed by atoms with Crippen LogP contribution in [-0.2, 0) is 0 Å². The lowest BCUT2D eigenvalue weighted by atomic mass is 10.2. The number of hydrogen-bond donors (Lipinski definition) is 2. The van der Waals surface area contributed by atoms with Crippen LogP contribution in [0.4, 0.5) is 5.69 Å². The zero-order valence-electron chi connectivity index (χ0n) is 11.2. The van der Waals surface area contributed by atoms with Crippen LogP contribution in [-0.4, -0.2) is 24.0 Å². The van der Waals surface area contributed by atoms with Crippen molar-refractivity contribution in [2.45, 2.75) is 0 Å². The Labute approximate surface area is 122 Å². The minimum Gasteiger partial charge on any atom is -0.492 e. The number of amides is 1. The molecule has 0 spiro atoms. The highest BCUT2D eigenvalue weighted by atomic mass is 16.5. The molecule has 3 N–H and O–H groups in total. The number of benzene rings is 1. The first-order valence-corrected chi connectivity index (χ1v) is 6.32. The Kier molecular flexibility index (Phi) is 4.72. The molecule has 1 amide bonds. The van der Waals surface area contributed by atoms with Crippen LogP contribution < -0.4 is 15.8 Å². The molecule has 0 radical (unpaired) electrons. The number of rotatable bonds is 5. The summed E-state index contributed by atoms with van der Waals surface area (Å²) in [6.45, 7) is 0.667. The summed E-state index contributed by atoms with van der Waals surface area (Å²) < 4.78 is 5.45. The molecule has 0 aliphatic rings. The Morgan fingerprint density at radius 3 is 2.90 bits per heavy atom. The molecule has 2 rings (SSSR count). The summed E-state index contributed by atoms with van der Waals surface area (Å²) in [6, 6.07) is 12.1. The summed E-state index contributed by atoms with van der Waals surface area (Å²) in [5.74, 6) is 0.344. The molecule has 106 valence electrons. The number of pyridine rings is 1. The number of aromatic nitrogens is 1. The lowest BCUT2D eigenvalue weighted by molar-refractivity contribution is 0.0942. The predicted molar refractivity (Wildman–Crippen MR) is 77.6 cm³/mol. The second-order valence-corrected chi connectivity index (χ2v) is 4.22. The van der Waals surface area contributed by atoms with Gasteiger partial charge in [-0.25, -0.2) is 4.98 Å². The molecule has 0 aliphatic carbocycles. The standard InChI is InChI=1S/C15H14N4O2/c16-9-11-4-5-14(19-10-11)15(20)18-6-7-21-13-3-1-2-12(17)8-13/h1-5,8,10H,6-7,17H2,(H,18,20). The highest BCUT2D eigenvalue weighted by Crippen LogP contribution is 2.13. The minimum absolute atomic E-state index is 0.262. The summed E-state index contributed by atoms with van der Waals surface area (Å²) >= 11 is 0. The van der Waals surface area contributed by atoms with Gasteiger partial charge in [-0.2, -0.15) is 5.26 Å². The van der Waals surface area contributed by atoms with Gasteiger partial charge in [-0.3, -0.25) is 4.79 Å². The van der Waals surface area contributed by atoms with Crippen LogP contribution in [0, 0.1) is 11.3 Å². The minimum atomic E-state index is -0.310. The second kappa shape index (κ2) is 6.91. The Morgan fingerprint density at radius 2 is 2.24 bits per heavy atom. The van der Waals surface area contributed by atoms with Gasteiger partial charge in [0.1, 0.15) is 24.1 Å². The van der Waals surface area contributed by atoms with Crippen molar-refractivity contribution < 1.29 is 9.53 Å². The molecular formula is C15H14N4O2.